The van der Waals surface area contributed by atoms with Crippen LogP contribution >= 0.6 is 0 Å². The molecular formula is C14H21N3O4S. The topological polar surface area (TPSA) is 92.5 Å². The Bertz CT molecular complexity index is 655. The SMILES string of the molecule is Cc1cc([C@@H]2CCCN2CC(=O)N[C@H]2CCS(=O)(=O)C2)on1. The lowest BCUT2D eigenvalue weighted by Gasteiger charge is -2.22. The highest BCUT2D eigenvalue weighted by Crippen LogP contribution is 2.31. The Kier molecular flexibility index (Phi) is 4.22. The van der Waals surface area contributed by atoms with Gasteiger partial charge in [0, 0.05) is 12.1 Å². The second-order valence-electron chi connectivity index (χ2n) is 6.17. The molecule has 3 heterocycles. The number of nitrogens with one attached hydrogen (secondary N) is 1. The Labute approximate surface area is 129 Å². The van der Waals surface area contributed by atoms with Gasteiger partial charge >= 0.3 is 0 Å². The van der Waals surface area contributed by atoms with Gasteiger partial charge in [-0.2, -0.15) is 0 Å². The summed E-state index contributed by atoms with van der Waals surface area (Å²) in [5, 5.41) is 6.74. The van der Waals surface area contributed by atoms with Gasteiger partial charge in [0.25, 0.3) is 0 Å². The van der Waals surface area contributed by atoms with E-state index in [9.17, 15) is 13.2 Å². The van der Waals surface area contributed by atoms with E-state index in [0.29, 0.717) is 6.42 Å². The average Bonchev–Trinajstić information content (AvgIpc) is 3.11. The van der Waals surface area contributed by atoms with E-state index in [1.54, 1.807) is 0 Å². The van der Waals surface area contributed by atoms with Crippen molar-refractivity contribution in [3.63, 3.8) is 0 Å². The number of aryl methyl sites for hydroxylation is 1. The number of carbonyl (C=O) groups is 1. The van der Waals surface area contributed by atoms with Gasteiger partial charge in [-0.3, -0.25) is 9.69 Å². The summed E-state index contributed by atoms with van der Waals surface area (Å²) in [7, 11) is -2.97. The van der Waals surface area contributed by atoms with Crippen LogP contribution in [0.5, 0.6) is 0 Å². The zero-order valence-electron chi connectivity index (χ0n) is 12.6. The minimum Gasteiger partial charge on any atom is -0.359 e. The molecule has 1 amide bonds. The van der Waals surface area contributed by atoms with Crippen molar-refractivity contribution in [3.8, 4) is 0 Å². The largest absolute Gasteiger partial charge is 0.359 e. The Morgan fingerprint density at radius 1 is 1.50 bits per heavy atom. The summed E-state index contributed by atoms with van der Waals surface area (Å²) in [4.78, 5) is 14.2. The lowest BCUT2D eigenvalue weighted by Crippen LogP contribution is -2.42. The van der Waals surface area contributed by atoms with Gasteiger partial charge in [-0.15, -0.1) is 0 Å². The molecule has 0 aromatic carbocycles. The van der Waals surface area contributed by atoms with E-state index in [1.807, 2.05) is 13.0 Å². The summed E-state index contributed by atoms with van der Waals surface area (Å²) < 4.78 is 28.2. The van der Waals surface area contributed by atoms with Gasteiger partial charge in [0.05, 0.1) is 29.8 Å². The molecule has 0 unspecified atom stereocenters. The summed E-state index contributed by atoms with van der Waals surface area (Å²) in [6.07, 6.45) is 2.47. The van der Waals surface area contributed by atoms with Crippen molar-refractivity contribution in [1.29, 1.82) is 0 Å². The predicted octanol–water partition coefficient (Wildman–Crippen LogP) is 0.423. The molecule has 2 fully saturated rings. The van der Waals surface area contributed by atoms with Crippen molar-refractivity contribution in [1.82, 2.24) is 15.4 Å². The second-order valence-corrected chi connectivity index (χ2v) is 8.40. The summed E-state index contributed by atoms with van der Waals surface area (Å²) in [5.74, 6) is 0.905. The number of aromatic nitrogens is 1. The molecule has 1 aromatic heterocycles. The summed E-state index contributed by atoms with van der Waals surface area (Å²) in [6.45, 7) is 2.97. The van der Waals surface area contributed by atoms with Crippen LogP contribution in [0.3, 0.4) is 0 Å². The summed E-state index contributed by atoms with van der Waals surface area (Å²) in [6, 6.07) is 1.75. The quantitative estimate of drug-likeness (QED) is 0.862. The third kappa shape index (κ3) is 3.49. The van der Waals surface area contributed by atoms with Crippen molar-refractivity contribution < 1.29 is 17.7 Å². The van der Waals surface area contributed by atoms with Crippen molar-refractivity contribution in [3.05, 3.63) is 17.5 Å². The highest BCUT2D eigenvalue weighted by atomic mass is 32.2. The van der Waals surface area contributed by atoms with Crippen LogP contribution in [-0.2, 0) is 14.6 Å². The molecule has 0 saturated carbocycles. The minimum atomic E-state index is -2.97. The van der Waals surface area contributed by atoms with E-state index in [1.165, 1.54) is 0 Å². The normalized spacial score (nSPS) is 28.0. The van der Waals surface area contributed by atoms with Crippen LogP contribution in [0.2, 0.25) is 0 Å². The van der Waals surface area contributed by atoms with E-state index in [-0.39, 0.29) is 36.0 Å². The van der Waals surface area contributed by atoms with Crippen LogP contribution in [0, 0.1) is 6.92 Å². The molecule has 1 N–H and O–H groups in total. The molecule has 0 bridgehead atoms. The van der Waals surface area contributed by atoms with E-state index < -0.39 is 9.84 Å². The number of amides is 1. The zero-order chi connectivity index (χ0) is 15.7. The van der Waals surface area contributed by atoms with Gasteiger partial charge in [-0.05, 0) is 32.7 Å². The molecule has 2 aliphatic rings. The first-order valence-electron chi connectivity index (χ1n) is 7.60. The van der Waals surface area contributed by atoms with E-state index in [2.05, 4.69) is 15.4 Å². The predicted molar refractivity (Wildman–Crippen MR) is 80.0 cm³/mol. The number of hydrogen-bond donors (Lipinski definition) is 1. The van der Waals surface area contributed by atoms with Gasteiger partial charge < -0.3 is 9.84 Å². The average molecular weight is 327 g/mol. The zero-order valence-corrected chi connectivity index (χ0v) is 13.4. The fourth-order valence-corrected chi connectivity index (χ4v) is 4.92. The first-order valence-corrected chi connectivity index (χ1v) is 9.42. The summed E-state index contributed by atoms with van der Waals surface area (Å²) >= 11 is 0. The van der Waals surface area contributed by atoms with Crippen LogP contribution in [-0.4, -0.2) is 55.0 Å². The van der Waals surface area contributed by atoms with Crippen LogP contribution in [0.15, 0.2) is 10.6 Å². The van der Waals surface area contributed by atoms with Crippen molar-refractivity contribution in [2.45, 2.75) is 38.3 Å². The van der Waals surface area contributed by atoms with Gasteiger partial charge in [0.15, 0.2) is 15.6 Å². The Balaban J connectivity index is 1.56. The monoisotopic (exact) mass is 327 g/mol. The first-order chi connectivity index (χ1) is 10.4. The molecule has 0 aliphatic carbocycles. The Morgan fingerprint density at radius 2 is 2.32 bits per heavy atom. The number of rotatable bonds is 4. The van der Waals surface area contributed by atoms with Crippen LogP contribution < -0.4 is 5.32 Å². The fraction of sp³-hybridized carbons (Fsp3) is 0.714. The maximum absolute atomic E-state index is 12.2. The number of carbonyl (C=O) groups excluding carboxylic acids is 1. The molecule has 2 aliphatic heterocycles. The molecule has 1 aromatic rings. The third-order valence-electron chi connectivity index (χ3n) is 4.28. The Hall–Kier alpha value is -1.41. The number of sulfone groups is 1. The van der Waals surface area contributed by atoms with Crippen molar-refractivity contribution in [2.24, 2.45) is 0 Å². The lowest BCUT2D eigenvalue weighted by molar-refractivity contribution is -0.123. The molecule has 122 valence electrons. The van der Waals surface area contributed by atoms with Crippen LogP contribution in [0.25, 0.3) is 0 Å². The van der Waals surface area contributed by atoms with Crippen molar-refractivity contribution >= 4 is 15.7 Å². The lowest BCUT2D eigenvalue weighted by atomic mass is 10.1. The Morgan fingerprint density at radius 3 is 2.95 bits per heavy atom. The van der Waals surface area contributed by atoms with Gasteiger partial charge in [-0.25, -0.2) is 8.42 Å². The van der Waals surface area contributed by atoms with Gasteiger partial charge in [0.2, 0.25) is 5.91 Å². The molecule has 0 spiro atoms. The number of likely N-dealkylation sites (tertiary alicyclic amines) is 1. The maximum Gasteiger partial charge on any atom is 0.234 e. The standard InChI is InChI=1S/C14H21N3O4S/c1-10-7-13(21-16-10)12-3-2-5-17(12)8-14(18)15-11-4-6-22(19,20)9-11/h7,11-12H,2-6,8-9H2,1H3,(H,15,18)/t11-,12-/m0/s1. The van der Waals surface area contributed by atoms with Gasteiger partial charge in [0.1, 0.15) is 0 Å². The smallest absolute Gasteiger partial charge is 0.234 e. The van der Waals surface area contributed by atoms with E-state index >= 15 is 0 Å². The highest BCUT2D eigenvalue weighted by Gasteiger charge is 2.32. The van der Waals surface area contributed by atoms with E-state index in [4.69, 9.17) is 4.52 Å². The second kappa shape index (κ2) is 6.00. The molecule has 3 rings (SSSR count). The molecule has 22 heavy (non-hydrogen) atoms. The molecule has 8 heteroatoms. The molecular weight excluding hydrogens is 306 g/mol. The van der Waals surface area contributed by atoms with Crippen LogP contribution in [0.4, 0.5) is 0 Å². The number of hydrogen-bond acceptors (Lipinski definition) is 6. The third-order valence-corrected chi connectivity index (χ3v) is 6.05. The summed E-state index contributed by atoms with van der Waals surface area (Å²) in [5.41, 5.74) is 0.836. The fourth-order valence-electron chi connectivity index (χ4n) is 3.24. The van der Waals surface area contributed by atoms with Crippen LogP contribution in [0.1, 0.15) is 36.8 Å². The maximum atomic E-state index is 12.2. The first kappa shape index (κ1) is 15.5. The van der Waals surface area contributed by atoms with E-state index in [0.717, 1.165) is 30.8 Å². The minimum absolute atomic E-state index is 0.0590. The highest BCUT2D eigenvalue weighted by molar-refractivity contribution is 7.91. The number of nitrogens with zero attached hydrogens (tertiary/aromatic N) is 2. The van der Waals surface area contributed by atoms with Gasteiger partial charge in [-0.1, -0.05) is 5.16 Å². The molecule has 2 atom stereocenters. The van der Waals surface area contributed by atoms with Crippen molar-refractivity contribution in [2.75, 3.05) is 24.6 Å². The molecule has 0 radical (unpaired) electrons. The molecule has 2 saturated heterocycles. The molecule has 7 nitrogen and oxygen atoms in total.